The van der Waals surface area contributed by atoms with E-state index < -0.39 is 0 Å². The molecule has 0 saturated heterocycles. The van der Waals surface area contributed by atoms with E-state index >= 15 is 0 Å². The number of aromatic nitrogens is 5. The van der Waals surface area contributed by atoms with E-state index in [-0.39, 0.29) is 0 Å². The number of H-pyrrole nitrogens is 1. The molecule has 2 aromatic carbocycles. The van der Waals surface area contributed by atoms with Crippen molar-refractivity contribution in [1.29, 1.82) is 0 Å². The van der Waals surface area contributed by atoms with Crippen LogP contribution in [0.1, 0.15) is 0 Å². The summed E-state index contributed by atoms with van der Waals surface area (Å²) in [5.41, 5.74) is 2.42. The molecule has 0 radical (unpaired) electrons. The first-order chi connectivity index (χ1) is 12.1. The molecule has 0 fully saturated rings. The molecule has 0 aliphatic rings. The monoisotopic (exact) mass is 405 g/mol. The van der Waals surface area contributed by atoms with Crippen LogP contribution in [0, 0.1) is 4.77 Å². The minimum atomic E-state index is 0.431. The van der Waals surface area contributed by atoms with Crippen molar-refractivity contribution in [1.82, 2.24) is 24.4 Å². The highest BCUT2D eigenvalue weighted by molar-refractivity contribution is 7.71. The molecule has 2 aromatic heterocycles. The Bertz CT molecular complexity index is 1080. The van der Waals surface area contributed by atoms with Crippen molar-refractivity contribution in [3.63, 3.8) is 0 Å². The summed E-state index contributed by atoms with van der Waals surface area (Å²) in [5, 5.41) is 12.5. The van der Waals surface area contributed by atoms with Gasteiger partial charge < -0.3 is 0 Å². The van der Waals surface area contributed by atoms with Gasteiger partial charge in [0.25, 0.3) is 0 Å². The highest BCUT2D eigenvalue weighted by Gasteiger charge is 2.19. The van der Waals surface area contributed by atoms with Crippen molar-refractivity contribution in [2.75, 3.05) is 0 Å². The number of halogens is 2. The van der Waals surface area contributed by atoms with Crippen molar-refractivity contribution in [3.05, 3.63) is 63.3 Å². The largest absolute Gasteiger partial charge is 0.267 e. The normalized spacial score (nSPS) is 11.0. The summed E-state index contributed by atoms with van der Waals surface area (Å²) in [4.78, 5) is 0.801. The number of hydrogen-bond acceptors (Lipinski definition) is 5. The third-order valence-electron chi connectivity index (χ3n) is 3.52. The van der Waals surface area contributed by atoms with Crippen LogP contribution in [-0.4, -0.2) is 24.4 Å². The standard InChI is InChI=1S/C16H9Cl2N5S2/c17-10-6-11(18)8-12(7-10)23-15(20-21-16(23)24)14-13(19-22-25-14)9-4-2-1-3-5-9/h1-8H,(H,21,24). The maximum absolute atomic E-state index is 6.14. The molecule has 9 heteroatoms. The number of nitrogens with zero attached hydrogens (tertiary/aromatic N) is 4. The summed E-state index contributed by atoms with van der Waals surface area (Å²) in [6.45, 7) is 0. The van der Waals surface area contributed by atoms with Gasteiger partial charge in [-0.05, 0) is 41.9 Å². The quantitative estimate of drug-likeness (QED) is 0.462. The van der Waals surface area contributed by atoms with Crippen molar-refractivity contribution in [2.24, 2.45) is 0 Å². The summed E-state index contributed by atoms with van der Waals surface area (Å²) in [7, 11) is 0. The Kier molecular flexibility index (Phi) is 4.39. The van der Waals surface area contributed by atoms with Crippen LogP contribution in [0.4, 0.5) is 0 Å². The van der Waals surface area contributed by atoms with Gasteiger partial charge in [0.05, 0.1) is 5.69 Å². The van der Waals surface area contributed by atoms with Crippen LogP contribution in [0.5, 0.6) is 0 Å². The van der Waals surface area contributed by atoms with E-state index in [0.29, 0.717) is 20.6 Å². The van der Waals surface area contributed by atoms with Gasteiger partial charge >= 0.3 is 0 Å². The van der Waals surface area contributed by atoms with Crippen LogP contribution in [0.15, 0.2) is 48.5 Å². The lowest BCUT2D eigenvalue weighted by Crippen LogP contribution is -1.98. The molecule has 4 rings (SSSR count). The van der Waals surface area contributed by atoms with Gasteiger partial charge in [-0.15, -0.1) is 5.10 Å². The lowest BCUT2D eigenvalue weighted by Gasteiger charge is -2.07. The number of nitrogens with one attached hydrogen (secondary N) is 1. The molecule has 0 aliphatic carbocycles. The minimum Gasteiger partial charge on any atom is -0.267 e. The first-order valence-corrected chi connectivity index (χ1v) is 9.09. The van der Waals surface area contributed by atoms with E-state index in [2.05, 4.69) is 19.8 Å². The van der Waals surface area contributed by atoms with E-state index in [0.717, 1.165) is 21.8 Å². The molecule has 124 valence electrons. The smallest absolute Gasteiger partial charge is 0.200 e. The van der Waals surface area contributed by atoms with Crippen molar-refractivity contribution in [3.8, 4) is 27.6 Å². The van der Waals surface area contributed by atoms with E-state index in [4.69, 9.17) is 35.4 Å². The van der Waals surface area contributed by atoms with Crippen LogP contribution in [0.2, 0.25) is 10.0 Å². The first kappa shape index (κ1) is 16.4. The Morgan fingerprint density at radius 3 is 2.48 bits per heavy atom. The van der Waals surface area contributed by atoms with Crippen molar-refractivity contribution in [2.45, 2.75) is 0 Å². The second-order valence-corrected chi connectivity index (χ2v) is 7.15. The third kappa shape index (κ3) is 3.11. The maximum Gasteiger partial charge on any atom is 0.200 e. The Morgan fingerprint density at radius 1 is 1.04 bits per heavy atom. The van der Waals surface area contributed by atoms with E-state index in [1.807, 2.05) is 30.3 Å². The van der Waals surface area contributed by atoms with Crippen LogP contribution < -0.4 is 0 Å². The zero-order valence-corrected chi connectivity index (χ0v) is 15.6. The molecular formula is C16H9Cl2N5S2. The number of hydrogen-bond donors (Lipinski definition) is 1. The highest BCUT2D eigenvalue weighted by Crippen LogP contribution is 2.34. The van der Waals surface area contributed by atoms with Crippen LogP contribution in [0.3, 0.4) is 0 Å². The summed E-state index contributed by atoms with van der Waals surface area (Å²) >= 11 is 18.9. The maximum atomic E-state index is 6.14. The van der Waals surface area contributed by atoms with Crippen LogP contribution in [-0.2, 0) is 0 Å². The molecule has 0 saturated carbocycles. The third-order valence-corrected chi connectivity index (χ3v) is 4.95. The van der Waals surface area contributed by atoms with Crippen LogP contribution >= 0.6 is 47.0 Å². The van der Waals surface area contributed by atoms with Gasteiger partial charge in [-0.2, -0.15) is 5.10 Å². The van der Waals surface area contributed by atoms with Crippen LogP contribution in [0.25, 0.3) is 27.6 Å². The van der Waals surface area contributed by atoms with Gasteiger partial charge in [-0.1, -0.05) is 58.0 Å². The molecule has 25 heavy (non-hydrogen) atoms. The fourth-order valence-corrected chi connectivity index (χ4v) is 3.90. The Hall–Kier alpha value is -2.06. The topological polar surface area (TPSA) is 59.4 Å². The van der Waals surface area contributed by atoms with E-state index in [1.165, 1.54) is 11.5 Å². The minimum absolute atomic E-state index is 0.431. The fourth-order valence-electron chi connectivity index (χ4n) is 2.48. The molecule has 0 atom stereocenters. The summed E-state index contributed by atoms with van der Waals surface area (Å²) in [5.74, 6) is 0.609. The van der Waals surface area contributed by atoms with Gasteiger partial charge in [0, 0.05) is 15.6 Å². The molecule has 2 heterocycles. The summed E-state index contributed by atoms with van der Waals surface area (Å²) < 4.78 is 6.30. The molecule has 0 bridgehead atoms. The van der Waals surface area contributed by atoms with E-state index in [1.54, 1.807) is 22.8 Å². The molecule has 0 spiro atoms. The van der Waals surface area contributed by atoms with E-state index in [9.17, 15) is 0 Å². The molecule has 4 aromatic rings. The van der Waals surface area contributed by atoms with Crippen molar-refractivity contribution >= 4 is 47.0 Å². The Morgan fingerprint density at radius 2 is 1.76 bits per heavy atom. The fraction of sp³-hybridized carbons (Fsp3) is 0. The summed E-state index contributed by atoms with van der Waals surface area (Å²) in [6, 6.07) is 15.0. The SMILES string of the molecule is S=c1[nH]nc(-c2snnc2-c2ccccc2)n1-c1cc(Cl)cc(Cl)c1. The molecule has 0 aliphatic heterocycles. The zero-order valence-electron chi connectivity index (χ0n) is 12.5. The lowest BCUT2D eigenvalue weighted by molar-refractivity contribution is 1.04. The molecule has 1 N–H and O–H groups in total. The molecule has 5 nitrogen and oxygen atoms in total. The van der Waals surface area contributed by atoms with Gasteiger partial charge in [0.15, 0.2) is 10.6 Å². The average Bonchev–Trinajstić information content (AvgIpc) is 3.21. The van der Waals surface area contributed by atoms with Crippen molar-refractivity contribution < 1.29 is 0 Å². The average molecular weight is 406 g/mol. The molecule has 0 unspecified atom stereocenters. The number of aromatic amines is 1. The lowest BCUT2D eigenvalue weighted by atomic mass is 10.1. The molecule has 0 amide bonds. The number of benzene rings is 2. The molecular weight excluding hydrogens is 397 g/mol. The Balaban J connectivity index is 1.93. The van der Waals surface area contributed by atoms with Gasteiger partial charge in [-0.25, -0.2) is 0 Å². The predicted octanol–water partition coefficient (Wildman–Crippen LogP) is 5.42. The van der Waals surface area contributed by atoms with Gasteiger partial charge in [-0.3, -0.25) is 9.67 Å². The second-order valence-electron chi connectivity index (χ2n) is 5.13. The Labute approximate surface area is 162 Å². The first-order valence-electron chi connectivity index (χ1n) is 7.15. The predicted molar refractivity (Wildman–Crippen MR) is 103 cm³/mol. The van der Waals surface area contributed by atoms with Gasteiger partial charge in [0.2, 0.25) is 0 Å². The highest BCUT2D eigenvalue weighted by atomic mass is 35.5. The second kappa shape index (κ2) is 6.68. The number of rotatable bonds is 3. The van der Waals surface area contributed by atoms with Gasteiger partial charge in [0.1, 0.15) is 10.6 Å². The summed E-state index contributed by atoms with van der Waals surface area (Å²) in [6.07, 6.45) is 0. The zero-order chi connectivity index (χ0) is 17.4.